The number of rotatable bonds is 5. The predicted octanol–water partition coefficient (Wildman–Crippen LogP) is -1.46. The van der Waals surface area contributed by atoms with Crippen molar-refractivity contribution in [2.75, 3.05) is 12.3 Å². The van der Waals surface area contributed by atoms with Crippen LogP contribution in [0.25, 0.3) is 11.2 Å². The molecule has 4 rings (SSSR count). The summed E-state index contributed by atoms with van der Waals surface area (Å²) in [6.07, 6.45) is -0.498. The number of aliphatic hydroxyl groups excluding tert-OH is 2. The lowest BCUT2D eigenvalue weighted by molar-refractivity contribution is -0.138. The van der Waals surface area contributed by atoms with Crippen molar-refractivity contribution in [3.63, 3.8) is 0 Å². The van der Waals surface area contributed by atoms with Crippen LogP contribution in [0.15, 0.2) is 11.0 Å². The number of hydrogen-bond donors (Lipinski definition) is 4. The second-order valence-electron chi connectivity index (χ2n) is 6.78. The molecule has 11 heteroatoms. The van der Waals surface area contributed by atoms with Gasteiger partial charge in [-0.3, -0.25) is 9.36 Å². The summed E-state index contributed by atoms with van der Waals surface area (Å²) in [4.78, 5) is 32.1. The molecule has 0 aromatic carbocycles. The molecule has 2 aromatic heterocycles. The van der Waals surface area contributed by atoms with Crippen molar-refractivity contribution < 1.29 is 24.9 Å². The molecule has 1 aliphatic heterocycles. The summed E-state index contributed by atoms with van der Waals surface area (Å²) < 4.78 is 8.18. The van der Waals surface area contributed by atoms with E-state index in [1.165, 1.54) is 15.3 Å². The van der Waals surface area contributed by atoms with Gasteiger partial charge in [-0.25, -0.2) is 14.3 Å². The zero-order valence-electron chi connectivity index (χ0n) is 13.7. The maximum absolute atomic E-state index is 13.0. The zero-order chi connectivity index (χ0) is 18.6. The average molecular weight is 365 g/mol. The average Bonchev–Trinajstić information content (AvgIpc) is 3.21. The fraction of sp³-hybridized carbons (Fsp3) is 0.600. The minimum Gasteiger partial charge on any atom is -0.481 e. The Labute approximate surface area is 146 Å². The SMILES string of the molecule is Nc1ncc2c(n1)n([C@@H]1O[C@H](CO)C[C@H]1O)c(=O)n2C[C@@H]1C[C@H]1C(=O)O. The number of carboxylic acid groups (broad SMARTS) is 1. The van der Waals surface area contributed by atoms with E-state index in [4.69, 9.17) is 15.6 Å². The van der Waals surface area contributed by atoms with E-state index in [-0.39, 0.29) is 37.1 Å². The first-order chi connectivity index (χ1) is 12.4. The molecule has 5 N–H and O–H groups in total. The summed E-state index contributed by atoms with van der Waals surface area (Å²) >= 11 is 0. The number of carbonyl (C=O) groups is 1. The highest BCUT2D eigenvalue weighted by Gasteiger charge is 2.44. The maximum Gasteiger partial charge on any atom is 0.332 e. The number of nitrogens with two attached hydrogens (primary N) is 1. The molecule has 0 unspecified atom stereocenters. The van der Waals surface area contributed by atoms with Gasteiger partial charge in [-0.2, -0.15) is 4.98 Å². The van der Waals surface area contributed by atoms with Crippen molar-refractivity contribution in [3.8, 4) is 0 Å². The molecular formula is C15H19N5O6. The molecule has 2 aromatic rings. The Balaban J connectivity index is 1.78. The third kappa shape index (κ3) is 2.64. The van der Waals surface area contributed by atoms with Crippen molar-refractivity contribution in [2.24, 2.45) is 11.8 Å². The number of imidazole rings is 1. The molecule has 3 heterocycles. The highest BCUT2D eigenvalue weighted by molar-refractivity contribution is 5.74. The number of aromatic nitrogens is 4. The molecule has 0 amide bonds. The van der Waals surface area contributed by atoms with Crippen LogP contribution < -0.4 is 11.4 Å². The first-order valence-electron chi connectivity index (χ1n) is 8.31. The Hall–Kier alpha value is -2.50. The number of fused-ring (bicyclic) bond motifs is 1. The number of nitrogen functional groups attached to an aromatic ring is 1. The Bertz CT molecular complexity index is 923. The molecule has 0 radical (unpaired) electrons. The maximum atomic E-state index is 13.0. The standard InChI is InChI=1S/C15H19N5O6/c16-14-17-3-9-11(18-14)20(12-10(22)2-7(5-21)26-12)15(25)19(9)4-6-1-8(6)13(23)24/h3,6-8,10,12,21-22H,1-2,4-5H2,(H,23,24)(H2,16,17,18)/t6-,7-,8+,10+,12+/m0/s1. The van der Waals surface area contributed by atoms with Crippen LogP contribution in [0.3, 0.4) is 0 Å². The van der Waals surface area contributed by atoms with Crippen LogP contribution in [0.5, 0.6) is 0 Å². The number of carboxylic acids is 1. The number of hydrogen-bond acceptors (Lipinski definition) is 8. The van der Waals surface area contributed by atoms with E-state index < -0.39 is 36.0 Å². The summed E-state index contributed by atoms with van der Waals surface area (Å²) in [5, 5.41) is 28.6. The highest BCUT2D eigenvalue weighted by atomic mass is 16.5. The van der Waals surface area contributed by atoms with Gasteiger partial charge in [0, 0.05) is 13.0 Å². The largest absolute Gasteiger partial charge is 0.481 e. The normalized spacial score (nSPS) is 30.8. The van der Waals surface area contributed by atoms with Gasteiger partial charge in [0.05, 0.1) is 24.8 Å². The highest BCUT2D eigenvalue weighted by Crippen LogP contribution is 2.40. The van der Waals surface area contributed by atoms with Crippen molar-refractivity contribution in [1.29, 1.82) is 0 Å². The van der Waals surface area contributed by atoms with E-state index in [9.17, 15) is 19.8 Å². The van der Waals surface area contributed by atoms with Crippen LogP contribution in [0.4, 0.5) is 5.95 Å². The first kappa shape index (κ1) is 16.9. The lowest BCUT2D eigenvalue weighted by Crippen LogP contribution is -2.32. The van der Waals surface area contributed by atoms with Crippen LogP contribution in [0.1, 0.15) is 19.1 Å². The molecular weight excluding hydrogens is 346 g/mol. The monoisotopic (exact) mass is 365 g/mol. The van der Waals surface area contributed by atoms with Crippen molar-refractivity contribution in [3.05, 3.63) is 16.7 Å². The van der Waals surface area contributed by atoms with Crippen LogP contribution in [0, 0.1) is 11.8 Å². The van der Waals surface area contributed by atoms with Gasteiger partial charge in [-0.1, -0.05) is 0 Å². The van der Waals surface area contributed by atoms with Crippen molar-refractivity contribution in [1.82, 2.24) is 19.1 Å². The zero-order valence-corrected chi connectivity index (χ0v) is 13.7. The second-order valence-corrected chi connectivity index (χ2v) is 6.78. The fourth-order valence-electron chi connectivity index (χ4n) is 3.54. The van der Waals surface area contributed by atoms with Gasteiger partial charge in [0.25, 0.3) is 0 Å². The van der Waals surface area contributed by atoms with Gasteiger partial charge in [0.1, 0.15) is 11.6 Å². The summed E-state index contributed by atoms with van der Waals surface area (Å²) in [7, 11) is 0. The summed E-state index contributed by atoms with van der Waals surface area (Å²) in [6.45, 7) is -0.0702. The Morgan fingerprint density at radius 2 is 2.19 bits per heavy atom. The third-order valence-corrected chi connectivity index (χ3v) is 5.01. The van der Waals surface area contributed by atoms with Crippen LogP contribution in [0.2, 0.25) is 0 Å². The van der Waals surface area contributed by atoms with E-state index in [0.717, 1.165) is 0 Å². The van der Waals surface area contributed by atoms with Crippen molar-refractivity contribution >= 4 is 23.1 Å². The number of aliphatic carboxylic acids is 1. The summed E-state index contributed by atoms with van der Waals surface area (Å²) in [5.41, 5.74) is 5.76. The predicted molar refractivity (Wildman–Crippen MR) is 87.1 cm³/mol. The number of ether oxygens (including phenoxy) is 1. The van der Waals surface area contributed by atoms with E-state index in [0.29, 0.717) is 11.9 Å². The molecule has 1 saturated carbocycles. The van der Waals surface area contributed by atoms with Gasteiger partial charge in [-0.15, -0.1) is 0 Å². The van der Waals surface area contributed by atoms with E-state index in [1.807, 2.05) is 0 Å². The van der Waals surface area contributed by atoms with E-state index in [2.05, 4.69) is 9.97 Å². The van der Waals surface area contributed by atoms with Crippen LogP contribution in [-0.4, -0.2) is 59.2 Å². The number of anilines is 1. The van der Waals surface area contributed by atoms with Crippen LogP contribution >= 0.6 is 0 Å². The smallest absolute Gasteiger partial charge is 0.332 e. The molecule has 0 bridgehead atoms. The molecule has 5 atom stereocenters. The summed E-state index contributed by atoms with van der Waals surface area (Å²) in [6, 6.07) is 0. The molecule has 140 valence electrons. The van der Waals surface area contributed by atoms with Gasteiger partial charge in [0.15, 0.2) is 11.9 Å². The molecule has 2 aliphatic rings. The molecule has 11 nitrogen and oxygen atoms in total. The van der Waals surface area contributed by atoms with E-state index >= 15 is 0 Å². The lowest BCUT2D eigenvalue weighted by Gasteiger charge is -2.15. The Morgan fingerprint density at radius 1 is 1.42 bits per heavy atom. The molecule has 1 aliphatic carbocycles. The van der Waals surface area contributed by atoms with Gasteiger partial charge < -0.3 is 25.8 Å². The molecule has 2 fully saturated rings. The minimum absolute atomic E-state index is 0.0376. The number of nitrogens with zero attached hydrogens (tertiary/aromatic N) is 4. The van der Waals surface area contributed by atoms with Gasteiger partial charge in [-0.05, 0) is 12.3 Å². The molecule has 0 spiro atoms. The van der Waals surface area contributed by atoms with Crippen LogP contribution in [-0.2, 0) is 16.1 Å². The van der Waals surface area contributed by atoms with Crippen molar-refractivity contribution in [2.45, 2.75) is 37.8 Å². The molecule has 26 heavy (non-hydrogen) atoms. The topological polar surface area (TPSA) is 166 Å². The second kappa shape index (κ2) is 6.04. The Morgan fingerprint density at radius 3 is 2.81 bits per heavy atom. The third-order valence-electron chi connectivity index (χ3n) is 5.01. The first-order valence-corrected chi connectivity index (χ1v) is 8.31. The quantitative estimate of drug-likeness (QED) is 0.495. The van der Waals surface area contributed by atoms with Gasteiger partial charge in [0.2, 0.25) is 5.95 Å². The van der Waals surface area contributed by atoms with E-state index in [1.54, 1.807) is 0 Å². The minimum atomic E-state index is -1.01. The lowest BCUT2D eigenvalue weighted by atomic mass is 10.2. The molecule has 1 saturated heterocycles. The summed E-state index contributed by atoms with van der Waals surface area (Å²) in [5.74, 6) is -1.54. The Kier molecular flexibility index (Phi) is 3.93. The fourth-order valence-corrected chi connectivity index (χ4v) is 3.54. The number of aliphatic hydroxyl groups is 2. The van der Waals surface area contributed by atoms with Gasteiger partial charge >= 0.3 is 11.7 Å².